The van der Waals surface area contributed by atoms with Gasteiger partial charge in [0.05, 0.1) is 12.5 Å². The molecule has 1 amide bonds. The molecule has 2 aromatic rings. The van der Waals surface area contributed by atoms with Crippen LogP contribution in [0.1, 0.15) is 17.4 Å². The van der Waals surface area contributed by atoms with Gasteiger partial charge in [0.1, 0.15) is 5.75 Å². The first-order chi connectivity index (χ1) is 10.5. The van der Waals surface area contributed by atoms with Crippen LogP contribution in [0.15, 0.2) is 42.6 Å². The van der Waals surface area contributed by atoms with Gasteiger partial charge in [-0.15, -0.1) is 0 Å². The number of aliphatic hydroxyl groups is 1. The van der Waals surface area contributed by atoms with Crippen molar-refractivity contribution in [1.29, 1.82) is 0 Å². The predicted octanol–water partition coefficient (Wildman–Crippen LogP) is 2.01. The van der Waals surface area contributed by atoms with Crippen molar-refractivity contribution in [3.63, 3.8) is 0 Å². The van der Waals surface area contributed by atoms with Crippen LogP contribution in [0.25, 0.3) is 0 Å². The second kappa shape index (κ2) is 7.56. The molecule has 118 valence electrons. The van der Waals surface area contributed by atoms with Crippen LogP contribution in [-0.2, 0) is 11.2 Å². The highest BCUT2D eigenvalue weighted by Crippen LogP contribution is 2.18. The third-order valence-electron chi connectivity index (χ3n) is 3.00. The van der Waals surface area contributed by atoms with E-state index in [1.54, 1.807) is 18.3 Å². The summed E-state index contributed by atoms with van der Waals surface area (Å²) in [4.78, 5) is 14.6. The first kappa shape index (κ1) is 16.0. The number of carbonyl (C=O) groups excluding carboxylic acids is 1. The number of carbonyl (C=O) groups is 1. The number of benzene rings is 1. The van der Waals surface area contributed by atoms with Crippen LogP contribution in [0.2, 0.25) is 0 Å². The van der Waals surface area contributed by atoms with Gasteiger partial charge in [0.2, 0.25) is 5.91 Å². The highest BCUT2D eigenvalue weighted by Gasteiger charge is 2.11. The van der Waals surface area contributed by atoms with Gasteiger partial charge in [-0.2, -0.15) is 8.78 Å². The standard InChI is InChI=1S/C15H16F2N2O3/c16-15(17)22-12-5-3-10(4-6-12)13(20)9-19-14(21)8-11-2-1-7-18-11/h1-7,13,15,18,20H,8-9H2,(H,19,21). The number of nitrogens with one attached hydrogen (secondary N) is 2. The molecule has 1 aromatic carbocycles. The third-order valence-corrected chi connectivity index (χ3v) is 3.00. The van der Waals surface area contributed by atoms with E-state index in [-0.39, 0.29) is 24.6 Å². The van der Waals surface area contributed by atoms with E-state index in [2.05, 4.69) is 15.0 Å². The molecule has 1 heterocycles. The average molecular weight is 310 g/mol. The topological polar surface area (TPSA) is 74.4 Å². The molecule has 0 spiro atoms. The van der Waals surface area contributed by atoms with E-state index < -0.39 is 12.7 Å². The van der Waals surface area contributed by atoms with Crippen LogP contribution in [-0.4, -0.2) is 29.2 Å². The molecule has 0 aliphatic carbocycles. The van der Waals surface area contributed by atoms with Gasteiger partial charge in [-0.3, -0.25) is 4.79 Å². The molecule has 1 aromatic heterocycles. The highest BCUT2D eigenvalue weighted by molar-refractivity contribution is 5.78. The molecule has 2 rings (SSSR count). The van der Waals surface area contributed by atoms with Crippen molar-refractivity contribution in [3.05, 3.63) is 53.9 Å². The molecule has 3 N–H and O–H groups in total. The van der Waals surface area contributed by atoms with Crippen LogP contribution >= 0.6 is 0 Å². The molecule has 0 aliphatic rings. The Hall–Kier alpha value is -2.41. The minimum Gasteiger partial charge on any atom is -0.435 e. The van der Waals surface area contributed by atoms with E-state index in [4.69, 9.17) is 0 Å². The minimum atomic E-state index is -2.89. The summed E-state index contributed by atoms with van der Waals surface area (Å²) in [5.74, 6) is -0.208. The molecular formula is C15H16F2N2O3. The van der Waals surface area contributed by atoms with E-state index in [1.165, 1.54) is 24.3 Å². The summed E-state index contributed by atoms with van der Waals surface area (Å²) in [7, 11) is 0. The first-order valence-electron chi connectivity index (χ1n) is 6.66. The third kappa shape index (κ3) is 4.85. The molecule has 0 bridgehead atoms. The quantitative estimate of drug-likeness (QED) is 0.732. The van der Waals surface area contributed by atoms with Gasteiger partial charge in [0.25, 0.3) is 0 Å². The summed E-state index contributed by atoms with van der Waals surface area (Å²) >= 11 is 0. The molecule has 7 heteroatoms. The predicted molar refractivity (Wildman–Crippen MR) is 75.5 cm³/mol. The molecule has 0 saturated carbocycles. The maximum Gasteiger partial charge on any atom is 0.387 e. The zero-order chi connectivity index (χ0) is 15.9. The molecule has 1 atom stereocenters. The van der Waals surface area contributed by atoms with E-state index in [0.29, 0.717) is 5.56 Å². The van der Waals surface area contributed by atoms with Crippen LogP contribution in [0, 0.1) is 0 Å². The molecule has 1 unspecified atom stereocenters. The van der Waals surface area contributed by atoms with Crippen LogP contribution in [0.3, 0.4) is 0 Å². The number of ether oxygens (including phenoxy) is 1. The smallest absolute Gasteiger partial charge is 0.387 e. The number of halogens is 2. The second-order valence-electron chi connectivity index (χ2n) is 4.64. The average Bonchev–Trinajstić information content (AvgIpc) is 2.98. The number of H-pyrrole nitrogens is 1. The van der Waals surface area contributed by atoms with E-state index in [1.807, 2.05) is 0 Å². The molecular weight excluding hydrogens is 294 g/mol. The number of alkyl halides is 2. The van der Waals surface area contributed by atoms with Gasteiger partial charge in [-0.05, 0) is 29.8 Å². The summed E-state index contributed by atoms with van der Waals surface area (Å²) < 4.78 is 28.3. The van der Waals surface area contributed by atoms with Crippen molar-refractivity contribution in [1.82, 2.24) is 10.3 Å². The second-order valence-corrected chi connectivity index (χ2v) is 4.64. The van der Waals surface area contributed by atoms with Gasteiger partial charge in [0, 0.05) is 18.4 Å². The Kier molecular flexibility index (Phi) is 5.48. The Bertz CT molecular complexity index is 585. The van der Waals surface area contributed by atoms with E-state index in [0.717, 1.165) is 5.69 Å². The van der Waals surface area contributed by atoms with E-state index in [9.17, 15) is 18.7 Å². The lowest BCUT2D eigenvalue weighted by Crippen LogP contribution is -2.29. The Morgan fingerprint density at radius 1 is 1.27 bits per heavy atom. The monoisotopic (exact) mass is 310 g/mol. The number of hydrogen-bond donors (Lipinski definition) is 3. The van der Waals surface area contributed by atoms with Crippen LogP contribution in [0.4, 0.5) is 8.78 Å². The molecule has 5 nitrogen and oxygen atoms in total. The number of aromatic nitrogens is 1. The Labute approximate surface area is 125 Å². The Morgan fingerprint density at radius 2 is 2.00 bits per heavy atom. The summed E-state index contributed by atoms with van der Waals surface area (Å²) in [5, 5.41) is 12.6. The maximum absolute atomic E-state index is 12.0. The molecule has 0 aliphatic heterocycles. The molecule has 0 saturated heterocycles. The van der Waals surface area contributed by atoms with Crippen molar-refractivity contribution in [2.75, 3.05) is 6.54 Å². The molecule has 0 radical (unpaired) electrons. The summed E-state index contributed by atoms with van der Waals surface area (Å²) in [6, 6.07) is 9.20. The zero-order valence-electron chi connectivity index (χ0n) is 11.6. The van der Waals surface area contributed by atoms with Crippen molar-refractivity contribution in [2.24, 2.45) is 0 Å². The van der Waals surface area contributed by atoms with Crippen molar-refractivity contribution >= 4 is 5.91 Å². The van der Waals surface area contributed by atoms with Crippen LogP contribution in [0.5, 0.6) is 5.75 Å². The zero-order valence-corrected chi connectivity index (χ0v) is 11.6. The van der Waals surface area contributed by atoms with Crippen molar-refractivity contribution in [2.45, 2.75) is 19.1 Å². The SMILES string of the molecule is O=C(Cc1ccc[nH]1)NCC(O)c1ccc(OC(F)F)cc1. The number of aromatic amines is 1. The van der Waals surface area contributed by atoms with Crippen molar-refractivity contribution in [3.8, 4) is 5.75 Å². The number of aliphatic hydroxyl groups excluding tert-OH is 1. The maximum atomic E-state index is 12.0. The summed E-state index contributed by atoms with van der Waals surface area (Å²) in [6.45, 7) is -2.85. The van der Waals surface area contributed by atoms with Gasteiger partial charge in [-0.1, -0.05) is 12.1 Å². The van der Waals surface area contributed by atoms with Gasteiger partial charge in [-0.25, -0.2) is 0 Å². The lowest BCUT2D eigenvalue weighted by molar-refractivity contribution is -0.120. The highest BCUT2D eigenvalue weighted by atomic mass is 19.3. The fourth-order valence-electron chi connectivity index (χ4n) is 1.91. The fraction of sp³-hybridized carbons (Fsp3) is 0.267. The van der Waals surface area contributed by atoms with Gasteiger partial charge < -0.3 is 20.1 Å². The fourth-order valence-corrected chi connectivity index (χ4v) is 1.91. The lowest BCUT2D eigenvalue weighted by atomic mass is 10.1. The van der Waals surface area contributed by atoms with Gasteiger partial charge in [0.15, 0.2) is 0 Å². The molecule has 0 fully saturated rings. The Balaban J connectivity index is 1.81. The Morgan fingerprint density at radius 3 is 2.59 bits per heavy atom. The molecule has 22 heavy (non-hydrogen) atoms. The normalized spacial score (nSPS) is 12.2. The number of rotatable bonds is 7. The minimum absolute atomic E-state index is 0.0155. The van der Waals surface area contributed by atoms with Crippen LogP contribution < -0.4 is 10.1 Å². The van der Waals surface area contributed by atoms with Gasteiger partial charge >= 0.3 is 6.61 Å². The largest absolute Gasteiger partial charge is 0.435 e. The summed E-state index contributed by atoms with van der Waals surface area (Å²) in [6.07, 6.45) is 0.995. The summed E-state index contributed by atoms with van der Waals surface area (Å²) in [5.41, 5.74) is 1.28. The number of hydrogen-bond acceptors (Lipinski definition) is 3. The van der Waals surface area contributed by atoms with E-state index >= 15 is 0 Å². The first-order valence-corrected chi connectivity index (χ1v) is 6.66. The van der Waals surface area contributed by atoms with Crippen molar-refractivity contribution < 1.29 is 23.4 Å². The number of amides is 1. The lowest BCUT2D eigenvalue weighted by Gasteiger charge is -2.13.